The lowest BCUT2D eigenvalue weighted by Crippen LogP contribution is -2.44. The van der Waals surface area contributed by atoms with Crippen molar-refractivity contribution in [2.24, 2.45) is 0 Å². The van der Waals surface area contributed by atoms with E-state index >= 15 is 0 Å². The smallest absolute Gasteiger partial charge is 0.422 e. The van der Waals surface area contributed by atoms with Gasteiger partial charge in [0.1, 0.15) is 0 Å². The highest BCUT2D eigenvalue weighted by atomic mass is 32.2. The van der Waals surface area contributed by atoms with E-state index in [9.17, 15) is 26.4 Å². The van der Waals surface area contributed by atoms with Crippen LogP contribution in [0.2, 0.25) is 0 Å². The van der Waals surface area contributed by atoms with Crippen LogP contribution in [0.4, 0.5) is 18.0 Å². The van der Waals surface area contributed by atoms with Gasteiger partial charge in [-0.1, -0.05) is 0 Å². The zero-order chi connectivity index (χ0) is 15.4. The lowest BCUT2D eigenvalue weighted by atomic mass is 10.2. The number of halogens is 3. The summed E-state index contributed by atoms with van der Waals surface area (Å²) in [6.45, 7) is -1.64. The summed E-state index contributed by atoms with van der Waals surface area (Å²) in [6.07, 6.45) is -5.61. The van der Waals surface area contributed by atoms with Crippen LogP contribution in [0.25, 0.3) is 0 Å². The Bertz CT molecular complexity index is 437. The van der Waals surface area contributed by atoms with Gasteiger partial charge in [0.2, 0.25) is 0 Å². The second kappa shape index (κ2) is 6.61. The maximum Gasteiger partial charge on any atom is 0.422 e. The summed E-state index contributed by atoms with van der Waals surface area (Å²) in [7, 11) is -1.89. The van der Waals surface area contributed by atoms with Crippen LogP contribution >= 0.6 is 0 Å². The molecule has 1 aliphatic rings. The fourth-order valence-corrected chi connectivity index (χ4v) is 3.59. The van der Waals surface area contributed by atoms with Crippen LogP contribution in [0, 0.1) is 0 Å². The molecule has 10 heteroatoms. The van der Waals surface area contributed by atoms with E-state index in [1.54, 1.807) is 0 Å². The van der Waals surface area contributed by atoms with Crippen molar-refractivity contribution in [2.75, 3.05) is 38.4 Å². The molecule has 0 aromatic heterocycles. The Kier molecular flexibility index (Phi) is 5.63. The summed E-state index contributed by atoms with van der Waals surface area (Å²) in [5, 5.41) is 0. The van der Waals surface area contributed by atoms with Gasteiger partial charge in [0.25, 0.3) is 0 Å². The van der Waals surface area contributed by atoms with Crippen LogP contribution in [-0.2, 0) is 19.3 Å². The maximum absolute atomic E-state index is 12.0. The Morgan fingerprint density at radius 2 is 2.05 bits per heavy atom. The van der Waals surface area contributed by atoms with Crippen LogP contribution in [-0.4, -0.2) is 70.0 Å². The van der Waals surface area contributed by atoms with Crippen molar-refractivity contribution in [3.63, 3.8) is 0 Å². The van der Waals surface area contributed by atoms with Crippen LogP contribution in [0.1, 0.15) is 6.42 Å². The van der Waals surface area contributed by atoms with Crippen LogP contribution in [0.3, 0.4) is 0 Å². The normalized spacial score (nSPS) is 21.7. The summed E-state index contributed by atoms with van der Waals surface area (Å²) in [6, 6.07) is -0.670. The van der Waals surface area contributed by atoms with Gasteiger partial charge in [0.05, 0.1) is 24.2 Å². The first-order valence-electron chi connectivity index (χ1n) is 5.84. The number of alkyl halides is 3. The van der Waals surface area contributed by atoms with E-state index in [1.807, 2.05) is 0 Å². The number of amides is 1. The number of methoxy groups -OCH3 is 1. The Labute approximate surface area is 114 Å². The van der Waals surface area contributed by atoms with Crippen molar-refractivity contribution in [2.45, 2.75) is 18.6 Å². The van der Waals surface area contributed by atoms with Crippen molar-refractivity contribution >= 4 is 15.9 Å². The molecule has 1 rings (SSSR count). The molecule has 1 aliphatic heterocycles. The summed E-state index contributed by atoms with van der Waals surface area (Å²) >= 11 is 0. The van der Waals surface area contributed by atoms with Gasteiger partial charge in [-0.25, -0.2) is 13.2 Å². The minimum atomic E-state index is -4.62. The molecule has 0 aliphatic carbocycles. The predicted molar refractivity (Wildman–Crippen MR) is 63.0 cm³/mol. The largest absolute Gasteiger partial charge is 0.440 e. The van der Waals surface area contributed by atoms with Crippen LogP contribution in [0.5, 0.6) is 0 Å². The quantitative estimate of drug-likeness (QED) is 0.750. The molecule has 0 aromatic rings. The molecule has 118 valence electrons. The van der Waals surface area contributed by atoms with Crippen LogP contribution < -0.4 is 0 Å². The number of nitrogens with zero attached hydrogens (tertiary/aromatic N) is 1. The predicted octanol–water partition coefficient (Wildman–Crippen LogP) is 0.821. The average molecular weight is 319 g/mol. The zero-order valence-electron chi connectivity index (χ0n) is 10.9. The fraction of sp³-hybridized carbons (Fsp3) is 0.900. The van der Waals surface area contributed by atoms with Gasteiger partial charge in [-0.15, -0.1) is 0 Å². The third-order valence-electron chi connectivity index (χ3n) is 2.78. The monoisotopic (exact) mass is 319 g/mol. The third kappa shape index (κ3) is 5.53. The highest BCUT2D eigenvalue weighted by Crippen LogP contribution is 2.20. The molecule has 1 heterocycles. The van der Waals surface area contributed by atoms with Gasteiger partial charge < -0.3 is 14.4 Å². The van der Waals surface area contributed by atoms with Crippen molar-refractivity contribution in [3.8, 4) is 0 Å². The van der Waals surface area contributed by atoms with Gasteiger partial charge in [0.15, 0.2) is 16.4 Å². The van der Waals surface area contributed by atoms with E-state index in [2.05, 4.69) is 4.74 Å². The number of ether oxygens (including phenoxy) is 2. The molecule has 1 fully saturated rings. The van der Waals surface area contributed by atoms with Gasteiger partial charge in [-0.2, -0.15) is 13.2 Å². The Balaban J connectivity index is 2.66. The highest BCUT2D eigenvalue weighted by molar-refractivity contribution is 7.91. The van der Waals surface area contributed by atoms with Crippen molar-refractivity contribution in [3.05, 3.63) is 0 Å². The standard InChI is InChI=1S/C10H16F3NO5S/c1-18-4-3-14(8-2-5-20(16,17)6-8)9(15)19-7-10(11,12)13/h8H,2-7H2,1H3. The van der Waals surface area contributed by atoms with Crippen molar-refractivity contribution < 1.29 is 35.9 Å². The molecule has 1 saturated heterocycles. The number of carbonyl (C=O) groups is 1. The summed E-state index contributed by atoms with van der Waals surface area (Å²) in [4.78, 5) is 12.6. The minimum absolute atomic E-state index is 0.0205. The second-order valence-corrected chi connectivity index (χ2v) is 6.64. The molecule has 0 N–H and O–H groups in total. The Morgan fingerprint density at radius 1 is 1.40 bits per heavy atom. The molecule has 1 atom stereocenters. The SMILES string of the molecule is COCCN(C(=O)OCC(F)(F)F)C1CCS(=O)(=O)C1. The molecule has 0 radical (unpaired) electrons. The lowest BCUT2D eigenvalue weighted by Gasteiger charge is -2.27. The van der Waals surface area contributed by atoms with Crippen molar-refractivity contribution in [1.29, 1.82) is 0 Å². The van der Waals surface area contributed by atoms with Crippen LogP contribution in [0.15, 0.2) is 0 Å². The Hall–Kier alpha value is -1.03. The molecule has 1 unspecified atom stereocenters. The molecule has 0 aromatic carbocycles. The fourth-order valence-electron chi connectivity index (χ4n) is 1.86. The summed E-state index contributed by atoms with van der Waals surface area (Å²) < 4.78 is 67.7. The first-order chi connectivity index (χ1) is 9.14. The zero-order valence-corrected chi connectivity index (χ0v) is 11.7. The van der Waals surface area contributed by atoms with E-state index in [0.717, 1.165) is 4.90 Å². The topological polar surface area (TPSA) is 72.9 Å². The first-order valence-corrected chi connectivity index (χ1v) is 7.66. The number of rotatable bonds is 5. The molecular formula is C10H16F3NO5S. The van der Waals surface area contributed by atoms with E-state index in [0.29, 0.717) is 0 Å². The average Bonchev–Trinajstić information content (AvgIpc) is 2.66. The first kappa shape index (κ1) is 17.0. The third-order valence-corrected chi connectivity index (χ3v) is 4.53. The molecule has 0 spiro atoms. The Morgan fingerprint density at radius 3 is 2.50 bits per heavy atom. The van der Waals surface area contributed by atoms with E-state index in [-0.39, 0.29) is 31.1 Å². The van der Waals surface area contributed by atoms with E-state index in [4.69, 9.17) is 4.74 Å². The molecule has 6 nitrogen and oxygen atoms in total. The van der Waals surface area contributed by atoms with E-state index in [1.165, 1.54) is 7.11 Å². The lowest BCUT2D eigenvalue weighted by molar-refractivity contribution is -0.163. The summed E-state index contributed by atoms with van der Waals surface area (Å²) in [5.41, 5.74) is 0. The molecule has 0 saturated carbocycles. The molecular weight excluding hydrogens is 303 g/mol. The van der Waals surface area contributed by atoms with E-state index < -0.39 is 34.8 Å². The van der Waals surface area contributed by atoms with Gasteiger partial charge in [-0.3, -0.25) is 0 Å². The highest BCUT2D eigenvalue weighted by Gasteiger charge is 2.37. The number of sulfone groups is 1. The summed E-state index contributed by atoms with van der Waals surface area (Å²) in [5.74, 6) is -0.356. The second-order valence-electron chi connectivity index (χ2n) is 4.41. The van der Waals surface area contributed by atoms with Gasteiger partial charge in [-0.05, 0) is 6.42 Å². The number of hydrogen-bond acceptors (Lipinski definition) is 5. The van der Waals surface area contributed by atoms with Gasteiger partial charge in [0, 0.05) is 13.7 Å². The van der Waals surface area contributed by atoms with Gasteiger partial charge >= 0.3 is 12.3 Å². The minimum Gasteiger partial charge on any atom is -0.440 e. The molecule has 0 bridgehead atoms. The molecule has 20 heavy (non-hydrogen) atoms. The number of hydrogen-bond donors (Lipinski definition) is 0. The van der Waals surface area contributed by atoms with Crippen molar-refractivity contribution in [1.82, 2.24) is 4.90 Å². The molecule has 1 amide bonds. The number of carbonyl (C=O) groups excluding carboxylic acids is 1. The maximum atomic E-state index is 12.0.